The number of rotatable bonds is 4. The number of imidazole rings is 1. The van der Waals surface area contributed by atoms with Crippen molar-refractivity contribution in [2.45, 2.75) is 24.9 Å². The summed E-state index contributed by atoms with van der Waals surface area (Å²) < 4.78 is 7.48. The first-order valence-corrected chi connectivity index (χ1v) is 10.4. The first-order chi connectivity index (χ1) is 13.6. The summed E-state index contributed by atoms with van der Waals surface area (Å²) in [5.74, 6) is 0.146. The minimum absolute atomic E-state index is 0.146. The molecule has 8 nitrogen and oxygen atoms in total. The molecule has 0 spiro atoms. The monoisotopic (exact) mass is 415 g/mol. The fourth-order valence-electron chi connectivity index (χ4n) is 3.38. The fraction of sp³-hybridized carbons (Fsp3) is 0.278. The number of aromatic nitrogens is 4. The standard InChI is InChI=1S/C18H17N5O3S2/c19-18-21-15(13-4-3-12(28-13)11-2-1-5-27-11)16-17(22-18)23(8-20-16)14-6-9(25)10(7-24)26-14/h1-5,8-10,14,24-25H,6-7H2,(H2,19,21,22)/t9-,10-,14-/m1/s1. The molecule has 5 heterocycles. The van der Waals surface area contributed by atoms with Crippen LogP contribution in [0.4, 0.5) is 5.95 Å². The number of nitrogens with zero attached hydrogens (tertiary/aromatic N) is 4. The second-order valence-electron chi connectivity index (χ2n) is 6.51. The summed E-state index contributed by atoms with van der Waals surface area (Å²) in [6.07, 6.45) is 0.137. The Morgan fingerprint density at radius 1 is 1.21 bits per heavy atom. The molecule has 10 heteroatoms. The Kier molecular flexibility index (Phi) is 4.37. The van der Waals surface area contributed by atoms with Crippen LogP contribution in [0.25, 0.3) is 31.5 Å². The molecule has 1 saturated heterocycles. The van der Waals surface area contributed by atoms with Gasteiger partial charge in [0.2, 0.25) is 5.95 Å². The molecular weight excluding hydrogens is 398 g/mol. The zero-order valence-corrected chi connectivity index (χ0v) is 16.2. The summed E-state index contributed by atoms with van der Waals surface area (Å²) in [5.41, 5.74) is 7.83. The largest absolute Gasteiger partial charge is 0.394 e. The minimum atomic E-state index is -0.739. The number of nitrogens with two attached hydrogens (primary N) is 1. The maximum atomic E-state index is 10.0. The Morgan fingerprint density at radius 3 is 2.82 bits per heavy atom. The summed E-state index contributed by atoms with van der Waals surface area (Å²) in [7, 11) is 0. The topological polar surface area (TPSA) is 119 Å². The zero-order valence-electron chi connectivity index (χ0n) is 14.6. The van der Waals surface area contributed by atoms with Gasteiger partial charge in [0, 0.05) is 16.2 Å². The van der Waals surface area contributed by atoms with Crippen molar-refractivity contribution < 1.29 is 14.9 Å². The lowest BCUT2D eigenvalue weighted by Gasteiger charge is -2.13. The summed E-state index contributed by atoms with van der Waals surface area (Å²) in [4.78, 5) is 16.6. The van der Waals surface area contributed by atoms with Crippen molar-refractivity contribution in [3.05, 3.63) is 36.0 Å². The van der Waals surface area contributed by atoms with Crippen molar-refractivity contribution in [3.63, 3.8) is 0 Å². The average Bonchev–Trinajstić information content (AvgIpc) is 3.46. The van der Waals surface area contributed by atoms with Gasteiger partial charge in [-0.2, -0.15) is 4.98 Å². The molecule has 0 radical (unpaired) electrons. The van der Waals surface area contributed by atoms with Crippen LogP contribution >= 0.6 is 22.7 Å². The number of anilines is 1. The maximum absolute atomic E-state index is 10.0. The highest BCUT2D eigenvalue weighted by Gasteiger charge is 2.35. The highest BCUT2D eigenvalue weighted by molar-refractivity contribution is 7.23. The van der Waals surface area contributed by atoms with Gasteiger partial charge in [0.15, 0.2) is 5.65 Å². The number of hydrogen-bond donors (Lipinski definition) is 3. The van der Waals surface area contributed by atoms with Gasteiger partial charge in [0.05, 0.1) is 23.9 Å². The molecule has 3 atom stereocenters. The summed E-state index contributed by atoms with van der Waals surface area (Å²) in [6.45, 7) is -0.243. The first-order valence-electron chi connectivity index (χ1n) is 8.72. The van der Waals surface area contributed by atoms with Crippen LogP contribution in [0.5, 0.6) is 0 Å². The number of fused-ring (bicyclic) bond motifs is 1. The van der Waals surface area contributed by atoms with E-state index in [2.05, 4.69) is 27.1 Å². The lowest BCUT2D eigenvalue weighted by Crippen LogP contribution is -2.24. The second-order valence-corrected chi connectivity index (χ2v) is 8.54. The third-order valence-corrected chi connectivity index (χ3v) is 6.89. The van der Waals surface area contributed by atoms with E-state index >= 15 is 0 Å². The number of aliphatic hydroxyl groups excluding tert-OH is 2. The van der Waals surface area contributed by atoms with E-state index < -0.39 is 18.4 Å². The summed E-state index contributed by atoms with van der Waals surface area (Å²) in [6, 6.07) is 8.18. The number of nitrogen functional groups attached to an aromatic ring is 1. The highest BCUT2D eigenvalue weighted by Crippen LogP contribution is 2.39. The Bertz CT molecular complexity index is 1120. The third kappa shape index (κ3) is 2.90. The molecule has 1 aliphatic heterocycles. The lowest BCUT2D eigenvalue weighted by atomic mass is 10.2. The fourth-order valence-corrected chi connectivity index (χ4v) is 5.21. The zero-order chi connectivity index (χ0) is 19.3. The van der Waals surface area contributed by atoms with E-state index in [4.69, 9.17) is 10.5 Å². The molecule has 4 aromatic heterocycles. The smallest absolute Gasteiger partial charge is 0.222 e. The van der Waals surface area contributed by atoms with Gasteiger partial charge in [-0.3, -0.25) is 4.57 Å². The van der Waals surface area contributed by atoms with Crippen LogP contribution in [-0.4, -0.2) is 48.5 Å². The quantitative estimate of drug-likeness (QED) is 0.468. The van der Waals surface area contributed by atoms with Gasteiger partial charge in [-0.1, -0.05) is 6.07 Å². The predicted octanol–water partition coefficient (Wildman–Crippen LogP) is 2.51. The first kappa shape index (κ1) is 17.7. The van der Waals surface area contributed by atoms with Gasteiger partial charge in [0.25, 0.3) is 0 Å². The molecule has 144 valence electrons. The Morgan fingerprint density at radius 2 is 2.07 bits per heavy atom. The molecule has 0 aromatic carbocycles. The van der Waals surface area contributed by atoms with Gasteiger partial charge >= 0.3 is 0 Å². The molecule has 28 heavy (non-hydrogen) atoms. The molecule has 4 aromatic rings. The lowest BCUT2D eigenvalue weighted by molar-refractivity contribution is -0.0432. The molecule has 0 bridgehead atoms. The Labute approximate surface area is 167 Å². The molecule has 0 amide bonds. The van der Waals surface area contributed by atoms with Crippen LogP contribution in [0.15, 0.2) is 36.0 Å². The highest BCUT2D eigenvalue weighted by atomic mass is 32.1. The van der Waals surface area contributed by atoms with Crippen LogP contribution in [0.2, 0.25) is 0 Å². The predicted molar refractivity (Wildman–Crippen MR) is 108 cm³/mol. The van der Waals surface area contributed by atoms with Crippen LogP contribution in [0.3, 0.4) is 0 Å². The van der Waals surface area contributed by atoms with Crippen molar-refractivity contribution in [3.8, 4) is 20.3 Å². The van der Waals surface area contributed by atoms with Gasteiger partial charge in [0.1, 0.15) is 23.5 Å². The van der Waals surface area contributed by atoms with Crippen molar-refractivity contribution in [2.75, 3.05) is 12.3 Å². The van der Waals surface area contributed by atoms with E-state index in [1.54, 1.807) is 33.6 Å². The number of ether oxygens (including phenoxy) is 1. The summed E-state index contributed by atoms with van der Waals surface area (Å²) in [5, 5.41) is 21.4. The molecule has 0 unspecified atom stereocenters. The van der Waals surface area contributed by atoms with E-state index in [-0.39, 0.29) is 12.6 Å². The normalized spacial score (nSPS) is 22.3. The van der Waals surface area contributed by atoms with Crippen LogP contribution < -0.4 is 5.73 Å². The Hall–Kier alpha value is -2.37. The molecule has 0 saturated carbocycles. The van der Waals surface area contributed by atoms with Crippen LogP contribution in [0.1, 0.15) is 12.6 Å². The SMILES string of the molecule is Nc1nc(-c2ccc(-c3cccs3)s2)c2ncn([C@H]3C[C@@H](O)[C@@H](CO)O3)c2n1. The number of thiophene rings is 2. The van der Waals surface area contributed by atoms with Crippen LogP contribution in [0, 0.1) is 0 Å². The minimum Gasteiger partial charge on any atom is -0.394 e. The van der Waals surface area contributed by atoms with Gasteiger partial charge < -0.3 is 20.7 Å². The molecular formula is C18H17N5O3S2. The van der Waals surface area contributed by atoms with Crippen molar-refractivity contribution >= 4 is 39.8 Å². The molecule has 4 N–H and O–H groups in total. The van der Waals surface area contributed by atoms with Gasteiger partial charge in [-0.25, -0.2) is 9.97 Å². The molecule has 1 aliphatic rings. The average molecular weight is 416 g/mol. The van der Waals surface area contributed by atoms with E-state index in [9.17, 15) is 10.2 Å². The Balaban J connectivity index is 1.57. The number of hydrogen-bond acceptors (Lipinski definition) is 9. The molecule has 1 fully saturated rings. The van der Waals surface area contributed by atoms with Crippen molar-refractivity contribution in [1.82, 2.24) is 19.5 Å². The van der Waals surface area contributed by atoms with Crippen molar-refractivity contribution in [1.29, 1.82) is 0 Å². The van der Waals surface area contributed by atoms with E-state index in [0.717, 1.165) is 9.75 Å². The van der Waals surface area contributed by atoms with Gasteiger partial charge in [-0.15, -0.1) is 22.7 Å². The van der Waals surface area contributed by atoms with Crippen LogP contribution in [-0.2, 0) is 4.74 Å². The molecule has 5 rings (SSSR count). The van der Waals surface area contributed by atoms with E-state index in [1.807, 2.05) is 17.5 Å². The maximum Gasteiger partial charge on any atom is 0.222 e. The van der Waals surface area contributed by atoms with Crippen molar-refractivity contribution in [2.24, 2.45) is 0 Å². The summed E-state index contributed by atoms with van der Waals surface area (Å²) >= 11 is 3.31. The molecule has 0 aliphatic carbocycles. The van der Waals surface area contributed by atoms with E-state index in [1.165, 1.54) is 4.88 Å². The van der Waals surface area contributed by atoms with Gasteiger partial charge in [-0.05, 0) is 23.6 Å². The second kappa shape index (κ2) is 6.90. The third-order valence-electron chi connectivity index (χ3n) is 4.74. The number of aliphatic hydroxyl groups is 2. The van der Waals surface area contributed by atoms with E-state index in [0.29, 0.717) is 23.3 Å².